The highest BCUT2D eigenvalue weighted by Crippen LogP contribution is 2.03. The molecular formula is C20H30O5. The van der Waals surface area contributed by atoms with E-state index in [0.717, 1.165) is 25.5 Å². The maximum atomic E-state index is 10.3. The molecular weight excluding hydrogens is 320 g/mol. The second-order valence-electron chi connectivity index (χ2n) is 5.73. The van der Waals surface area contributed by atoms with Gasteiger partial charge < -0.3 is 20.1 Å². The normalized spacial score (nSPS) is 14.8. The average molecular weight is 350 g/mol. The monoisotopic (exact) mass is 350 g/mol. The number of hydrogen-bond acceptors (Lipinski definition) is 4. The zero-order valence-corrected chi connectivity index (χ0v) is 14.7. The highest BCUT2D eigenvalue weighted by molar-refractivity contribution is 5.66. The Labute approximate surface area is 150 Å². The van der Waals surface area contributed by atoms with Crippen molar-refractivity contribution in [3.63, 3.8) is 0 Å². The first-order chi connectivity index (χ1) is 12.1. The lowest BCUT2D eigenvalue weighted by Crippen LogP contribution is -2.03. The first kappa shape index (κ1) is 23.0. The predicted molar refractivity (Wildman–Crippen MR) is 99.2 cm³/mol. The third-order valence-electron chi connectivity index (χ3n) is 3.38. The van der Waals surface area contributed by atoms with Gasteiger partial charge in [-0.1, -0.05) is 48.6 Å². The van der Waals surface area contributed by atoms with E-state index in [4.69, 9.17) is 5.11 Å². The number of rotatable bonds is 15. The van der Waals surface area contributed by atoms with Gasteiger partial charge in [0.25, 0.3) is 0 Å². The van der Waals surface area contributed by atoms with Crippen LogP contribution in [0.3, 0.4) is 0 Å². The number of allylic oxidation sites excluding steroid dienone is 5. The summed E-state index contributed by atoms with van der Waals surface area (Å²) in [6.45, 7) is 0. The first-order valence-electron chi connectivity index (χ1n) is 8.74. The molecule has 0 aromatic rings. The van der Waals surface area contributed by atoms with Crippen molar-refractivity contribution in [3.8, 4) is 0 Å². The Bertz CT molecular complexity index is 463. The summed E-state index contributed by atoms with van der Waals surface area (Å²) in [6, 6.07) is 0. The van der Waals surface area contributed by atoms with E-state index in [2.05, 4.69) is 0 Å². The van der Waals surface area contributed by atoms with Crippen molar-refractivity contribution in [2.75, 3.05) is 0 Å². The summed E-state index contributed by atoms with van der Waals surface area (Å²) < 4.78 is 0. The molecule has 3 N–H and O–H groups in total. The summed E-state index contributed by atoms with van der Waals surface area (Å²) in [6.07, 6.45) is 18.8. The minimum absolute atomic E-state index is 0.0640. The van der Waals surface area contributed by atoms with E-state index in [1.165, 1.54) is 0 Å². The number of carboxylic acids is 1. The maximum absolute atomic E-state index is 10.3. The maximum Gasteiger partial charge on any atom is 0.303 e. The van der Waals surface area contributed by atoms with Gasteiger partial charge in [0.2, 0.25) is 0 Å². The SMILES string of the molecule is O=CCCCCC=CC[C@@H](O)/C=C/C=C/C=C[C@@H](O)CCCC(=O)O. The van der Waals surface area contributed by atoms with E-state index in [-0.39, 0.29) is 6.42 Å². The van der Waals surface area contributed by atoms with Crippen molar-refractivity contribution in [1.29, 1.82) is 0 Å². The van der Waals surface area contributed by atoms with Crippen molar-refractivity contribution >= 4 is 12.3 Å². The van der Waals surface area contributed by atoms with E-state index >= 15 is 0 Å². The molecule has 0 aliphatic heterocycles. The predicted octanol–water partition coefficient (Wildman–Crippen LogP) is 3.34. The molecule has 0 bridgehead atoms. The Balaban J connectivity index is 3.80. The number of carbonyl (C=O) groups is 2. The summed E-state index contributed by atoms with van der Waals surface area (Å²) in [7, 11) is 0. The number of unbranched alkanes of at least 4 members (excludes halogenated alkanes) is 3. The minimum Gasteiger partial charge on any atom is -0.481 e. The highest BCUT2D eigenvalue weighted by Gasteiger charge is 2.01. The second-order valence-corrected chi connectivity index (χ2v) is 5.73. The summed E-state index contributed by atoms with van der Waals surface area (Å²) in [4.78, 5) is 20.5. The molecule has 25 heavy (non-hydrogen) atoms. The summed E-state index contributed by atoms with van der Waals surface area (Å²) in [5.74, 6) is -0.854. The van der Waals surface area contributed by atoms with Crippen LogP contribution < -0.4 is 0 Å². The van der Waals surface area contributed by atoms with Crippen molar-refractivity contribution in [2.24, 2.45) is 0 Å². The first-order valence-corrected chi connectivity index (χ1v) is 8.74. The van der Waals surface area contributed by atoms with E-state index < -0.39 is 18.2 Å². The van der Waals surface area contributed by atoms with E-state index in [1.54, 1.807) is 36.5 Å². The molecule has 0 radical (unpaired) electrons. The number of aliphatic hydroxyl groups is 2. The standard InChI is InChI=1S/C20H30O5/c21-17-10-6-2-1-3-7-12-18(22)13-8-4-5-9-14-19(23)15-11-16-20(24)25/h3-5,7-9,13-14,17-19,22-23H,1-2,6,10-12,15-16H2,(H,24,25)/b5-4+,7-3?,13-8+,14-9?/t18-,19-/m1/s1. The second kappa shape index (κ2) is 16.9. The smallest absolute Gasteiger partial charge is 0.303 e. The summed E-state index contributed by atoms with van der Waals surface area (Å²) >= 11 is 0. The number of aliphatic carboxylic acids is 1. The zero-order chi connectivity index (χ0) is 18.8. The van der Waals surface area contributed by atoms with Gasteiger partial charge in [0.1, 0.15) is 6.29 Å². The fourth-order valence-electron chi connectivity index (χ4n) is 1.99. The largest absolute Gasteiger partial charge is 0.481 e. The molecule has 0 saturated carbocycles. The van der Waals surface area contributed by atoms with Crippen molar-refractivity contribution in [1.82, 2.24) is 0 Å². The molecule has 0 aliphatic rings. The van der Waals surface area contributed by atoms with E-state index in [9.17, 15) is 19.8 Å². The molecule has 0 aliphatic carbocycles. The van der Waals surface area contributed by atoms with Crippen molar-refractivity contribution < 1.29 is 24.9 Å². The highest BCUT2D eigenvalue weighted by atomic mass is 16.4. The van der Waals surface area contributed by atoms with Gasteiger partial charge in [0, 0.05) is 12.8 Å². The molecule has 140 valence electrons. The van der Waals surface area contributed by atoms with Gasteiger partial charge in [-0.2, -0.15) is 0 Å². The van der Waals surface area contributed by atoms with Crippen LogP contribution in [0, 0.1) is 0 Å². The van der Waals surface area contributed by atoms with Gasteiger partial charge in [-0.15, -0.1) is 0 Å². The molecule has 2 atom stereocenters. The third-order valence-corrected chi connectivity index (χ3v) is 3.38. The number of carboxylic acid groups (broad SMARTS) is 1. The summed E-state index contributed by atoms with van der Waals surface area (Å²) in [5.41, 5.74) is 0. The molecule has 0 rings (SSSR count). The molecule has 0 fully saturated rings. The van der Waals surface area contributed by atoms with E-state index in [0.29, 0.717) is 25.7 Å². The fraction of sp³-hybridized carbons (Fsp3) is 0.500. The number of hydrogen-bond donors (Lipinski definition) is 3. The molecule has 0 amide bonds. The average Bonchev–Trinajstić information content (AvgIpc) is 2.56. The van der Waals surface area contributed by atoms with Crippen LogP contribution in [0.25, 0.3) is 0 Å². The Morgan fingerprint density at radius 1 is 0.840 bits per heavy atom. The van der Waals surface area contributed by atoms with Gasteiger partial charge in [-0.25, -0.2) is 0 Å². The molecule has 0 aromatic heterocycles. The number of carbonyl (C=O) groups excluding carboxylic acids is 1. The van der Waals surface area contributed by atoms with Crippen LogP contribution in [-0.4, -0.2) is 39.8 Å². The van der Waals surface area contributed by atoms with Crippen LogP contribution in [0.2, 0.25) is 0 Å². The van der Waals surface area contributed by atoms with Crippen LogP contribution >= 0.6 is 0 Å². The zero-order valence-electron chi connectivity index (χ0n) is 14.7. The van der Waals surface area contributed by atoms with Crippen LogP contribution in [0.1, 0.15) is 51.4 Å². The van der Waals surface area contributed by atoms with Crippen LogP contribution in [0.5, 0.6) is 0 Å². The Kier molecular flexibility index (Phi) is 15.5. The van der Waals surface area contributed by atoms with Crippen LogP contribution in [-0.2, 0) is 9.59 Å². The molecule has 5 heteroatoms. The molecule has 0 aromatic carbocycles. The molecule has 0 saturated heterocycles. The quantitative estimate of drug-likeness (QED) is 0.182. The van der Waals surface area contributed by atoms with Gasteiger partial charge in [0.05, 0.1) is 12.2 Å². The van der Waals surface area contributed by atoms with Gasteiger partial charge in [0.15, 0.2) is 0 Å². The van der Waals surface area contributed by atoms with Gasteiger partial charge in [-0.05, 0) is 38.5 Å². The lowest BCUT2D eigenvalue weighted by atomic mass is 10.1. The van der Waals surface area contributed by atoms with Crippen molar-refractivity contribution in [2.45, 2.75) is 63.6 Å². The molecule has 5 nitrogen and oxygen atoms in total. The van der Waals surface area contributed by atoms with E-state index in [1.807, 2.05) is 12.2 Å². The molecule has 0 spiro atoms. The number of aldehydes is 1. The minimum atomic E-state index is -0.854. The van der Waals surface area contributed by atoms with Gasteiger partial charge in [-0.3, -0.25) is 4.79 Å². The lowest BCUT2D eigenvalue weighted by molar-refractivity contribution is -0.137. The Morgan fingerprint density at radius 3 is 2.12 bits per heavy atom. The molecule has 0 unspecified atom stereocenters. The Hall–Kier alpha value is -1.98. The Morgan fingerprint density at radius 2 is 1.48 bits per heavy atom. The number of aliphatic hydroxyl groups excluding tert-OH is 2. The summed E-state index contributed by atoms with van der Waals surface area (Å²) in [5, 5.41) is 27.9. The van der Waals surface area contributed by atoms with Gasteiger partial charge >= 0.3 is 5.97 Å². The lowest BCUT2D eigenvalue weighted by Gasteiger charge is -2.02. The fourth-order valence-corrected chi connectivity index (χ4v) is 1.99. The third kappa shape index (κ3) is 18.2. The topological polar surface area (TPSA) is 94.8 Å². The van der Waals surface area contributed by atoms with Crippen LogP contribution in [0.4, 0.5) is 0 Å². The van der Waals surface area contributed by atoms with Crippen molar-refractivity contribution in [3.05, 3.63) is 48.6 Å². The van der Waals surface area contributed by atoms with Crippen LogP contribution in [0.15, 0.2) is 48.6 Å². The molecule has 0 heterocycles.